The summed E-state index contributed by atoms with van der Waals surface area (Å²) < 4.78 is 23.9. The van der Waals surface area contributed by atoms with Crippen molar-refractivity contribution in [3.63, 3.8) is 0 Å². The van der Waals surface area contributed by atoms with Crippen LogP contribution in [0.2, 0.25) is 0 Å². The third kappa shape index (κ3) is 7.54. The number of hydrogen-bond acceptors (Lipinski definition) is 5. The van der Waals surface area contributed by atoms with Crippen molar-refractivity contribution in [2.45, 2.75) is 52.6 Å². The average molecular weight is 391 g/mol. The van der Waals surface area contributed by atoms with Crippen LogP contribution in [0.5, 0.6) is 5.75 Å². The van der Waals surface area contributed by atoms with Crippen molar-refractivity contribution in [3.05, 3.63) is 41.8 Å². The second-order valence-corrected chi connectivity index (χ2v) is 6.83. The lowest BCUT2D eigenvalue weighted by atomic mass is 10.2. The summed E-state index contributed by atoms with van der Waals surface area (Å²) in [6, 6.07) is 5.98. The van der Waals surface area contributed by atoms with Gasteiger partial charge in [-0.2, -0.15) is 4.98 Å². The minimum Gasteiger partial charge on any atom is -0.489 e. The number of benzene rings is 1. The van der Waals surface area contributed by atoms with E-state index in [0.717, 1.165) is 37.7 Å². The normalized spacial score (nSPS) is 12.9. The van der Waals surface area contributed by atoms with Gasteiger partial charge in [-0.15, -0.1) is 0 Å². The molecule has 2 rings (SSSR count). The Bertz CT molecular complexity index is 730. The van der Waals surface area contributed by atoms with Gasteiger partial charge in [0.05, 0.1) is 6.54 Å². The van der Waals surface area contributed by atoms with E-state index in [9.17, 15) is 4.39 Å². The third-order valence-corrected chi connectivity index (χ3v) is 3.86. The van der Waals surface area contributed by atoms with E-state index in [1.807, 2.05) is 27.7 Å². The summed E-state index contributed by atoms with van der Waals surface area (Å²) in [6.45, 7) is 10.00. The van der Waals surface area contributed by atoms with Crippen molar-refractivity contribution >= 4 is 5.96 Å². The van der Waals surface area contributed by atoms with Gasteiger partial charge in [0.15, 0.2) is 11.8 Å². The van der Waals surface area contributed by atoms with E-state index in [2.05, 4.69) is 25.8 Å². The van der Waals surface area contributed by atoms with Gasteiger partial charge in [0.25, 0.3) is 0 Å². The molecule has 0 aliphatic heterocycles. The first-order valence-corrected chi connectivity index (χ1v) is 9.74. The molecule has 1 heterocycles. The fraction of sp³-hybridized carbons (Fsp3) is 0.550. The smallest absolute Gasteiger partial charge is 0.226 e. The van der Waals surface area contributed by atoms with Gasteiger partial charge in [0.1, 0.15) is 17.7 Å². The first-order valence-electron chi connectivity index (χ1n) is 9.74. The minimum atomic E-state index is -0.280. The number of rotatable bonds is 10. The molecule has 0 saturated heterocycles. The topological polar surface area (TPSA) is 84.6 Å². The first kappa shape index (κ1) is 21.7. The van der Waals surface area contributed by atoms with Gasteiger partial charge in [-0.25, -0.2) is 9.38 Å². The average Bonchev–Trinajstić information content (AvgIpc) is 3.14. The Hall–Kier alpha value is -2.64. The lowest BCUT2D eigenvalue weighted by Gasteiger charge is -2.15. The van der Waals surface area contributed by atoms with Crippen LogP contribution in [0.3, 0.4) is 0 Å². The number of guanidine groups is 1. The van der Waals surface area contributed by atoms with Gasteiger partial charge >= 0.3 is 0 Å². The zero-order valence-electron chi connectivity index (χ0n) is 17.0. The molecule has 0 fully saturated rings. The Labute approximate surface area is 165 Å². The Balaban J connectivity index is 1.75. The maximum Gasteiger partial charge on any atom is 0.226 e. The van der Waals surface area contributed by atoms with Crippen LogP contribution in [0, 0.1) is 5.82 Å². The van der Waals surface area contributed by atoms with Gasteiger partial charge in [0, 0.05) is 25.4 Å². The van der Waals surface area contributed by atoms with Crippen molar-refractivity contribution in [1.82, 2.24) is 20.8 Å². The molecule has 7 nitrogen and oxygen atoms in total. The fourth-order valence-electron chi connectivity index (χ4n) is 2.39. The lowest BCUT2D eigenvalue weighted by molar-refractivity contribution is 0.230. The van der Waals surface area contributed by atoms with Gasteiger partial charge in [0.2, 0.25) is 5.89 Å². The van der Waals surface area contributed by atoms with Crippen LogP contribution < -0.4 is 15.4 Å². The molecule has 0 radical (unpaired) electrons. The highest BCUT2D eigenvalue weighted by molar-refractivity contribution is 5.79. The Kier molecular flexibility index (Phi) is 8.71. The summed E-state index contributed by atoms with van der Waals surface area (Å²) in [5.41, 5.74) is 0. The molecule has 1 aromatic heterocycles. The summed E-state index contributed by atoms with van der Waals surface area (Å²) in [4.78, 5) is 8.92. The predicted octanol–water partition coefficient (Wildman–Crippen LogP) is 3.29. The Morgan fingerprint density at radius 1 is 1.21 bits per heavy atom. The highest BCUT2D eigenvalue weighted by Crippen LogP contribution is 2.13. The van der Waals surface area contributed by atoms with Crippen molar-refractivity contribution in [1.29, 1.82) is 0 Å². The zero-order valence-corrected chi connectivity index (χ0v) is 17.0. The van der Waals surface area contributed by atoms with Gasteiger partial charge in [-0.05, 0) is 44.5 Å². The fourth-order valence-corrected chi connectivity index (χ4v) is 2.39. The number of nitrogens with one attached hydrogen (secondary N) is 2. The molecule has 0 aliphatic rings. The molecule has 0 saturated carbocycles. The number of aliphatic imine (C=N–C) groups is 1. The number of aromatic nitrogens is 2. The number of aryl methyl sites for hydroxylation is 1. The molecule has 2 aromatic rings. The summed E-state index contributed by atoms with van der Waals surface area (Å²) in [6.07, 6.45) is 1.44. The number of hydrogen-bond donors (Lipinski definition) is 2. The van der Waals surface area contributed by atoms with Crippen LogP contribution >= 0.6 is 0 Å². The largest absolute Gasteiger partial charge is 0.489 e. The van der Waals surface area contributed by atoms with E-state index >= 15 is 0 Å². The van der Waals surface area contributed by atoms with Crippen LogP contribution in [-0.4, -0.2) is 41.8 Å². The standard InChI is InChI=1S/C20H30FN5O2/c1-5-22-20(23-12-6-7-18-25-19(14(2)3)26-28-18)24-13-15(4)27-17-10-8-16(21)9-11-17/h8-11,14-15H,5-7,12-13H2,1-4H3,(H2,22,23,24). The van der Waals surface area contributed by atoms with Crippen molar-refractivity contribution in [3.8, 4) is 5.75 Å². The summed E-state index contributed by atoms with van der Waals surface area (Å²) in [5, 5.41) is 10.5. The SMILES string of the molecule is CCNC(=NCC(C)Oc1ccc(F)cc1)NCCCc1nc(C(C)C)no1. The zero-order chi connectivity index (χ0) is 20.4. The molecule has 0 bridgehead atoms. The van der Waals surface area contributed by atoms with Crippen LogP contribution in [0.1, 0.15) is 51.7 Å². The van der Waals surface area contributed by atoms with E-state index in [1.165, 1.54) is 12.1 Å². The van der Waals surface area contributed by atoms with Crippen molar-refractivity contribution in [2.24, 2.45) is 4.99 Å². The molecular weight excluding hydrogens is 361 g/mol. The number of ether oxygens (including phenoxy) is 1. The summed E-state index contributed by atoms with van der Waals surface area (Å²) >= 11 is 0. The second-order valence-electron chi connectivity index (χ2n) is 6.83. The maximum absolute atomic E-state index is 12.9. The number of halogens is 1. The lowest BCUT2D eigenvalue weighted by Crippen LogP contribution is -2.38. The highest BCUT2D eigenvalue weighted by atomic mass is 19.1. The molecule has 1 aromatic carbocycles. The molecule has 0 aliphatic carbocycles. The van der Waals surface area contributed by atoms with E-state index in [-0.39, 0.29) is 17.8 Å². The highest BCUT2D eigenvalue weighted by Gasteiger charge is 2.09. The maximum atomic E-state index is 12.9. The Morgan fingerprint density at radius 2 is 1.96 bits per heavy atom. The molecular formula is C20H30FN5O2. The van der Waals surface area contributed by atoms with E-state index in [4.69, 9.17) is 9.26 Å². The quantitative estimate of drug-likeness (QED) is 0.367. The molecule has 1 unspecified atom stereocenters. The molecule has 2 N–H and O–H groups in total. The minimum absolute atomic E-state index is 0.131. The second kappa shape index (κ2) is 11.3. The van der Waals surface area contributed by atoms with Crippen LogP contribution in [0.4, 0.5) is 4.39 Å². The molecule has 0 amide bonds. The van der Waals surface area contributed by atoms with E-state index < -0.39 is 0 Å². The van der Waals surface area contributed by atoms with E-state index in [1.54, 1.807) is 12.1 Å². The molecule has 1 atom stereocenters. The van der Waals surface area contributed by atoms with Gasteiger partial charge in [-0.3, -0.25) is 0 Å². The van der Waals surface area contributed by atoms with Gasteiger partial charge in [-0.1, -0.05) is 19.0 Å². The van der Waals surface area contributed by atoms with Gasteiger partial charge < -0.3 is 19.9 Å². The monoisotopic (exact) mass is 391 g/mol. The summed E-state index contributed by atoms with van der Waals surface area (Å²) in [7, 11) is 0. The van der Waals surface area contributed by atoms with Crippen LogP contribution in [-0.2, 0) is 6.42 Å². The van der Waals surface area contributed by atoms with Crippen LogP contribution in [0.15, 0.2) is 33.8 Å². The van der Waals surface area contributed by atoms with Crippen molar-refractivity contribution < 1.29 is 13.7 Å². The third-order valence-electron chi connectivity index (χ3n) is 3.86. The molecule has 8 heteroatoms. The molecule has 0 spiro atoms. The molecule has 154 valence electrons. The number of nitrogens with zero attached hydrogens (tertiary/aromatic N) is 3. The van der Waals surface area contributed by atoms with Crippen LogP contribution in [0.25, 0.3) is 0 Å². The summed E-state index contributed by atoms with van der Waals surface area (Å²) in [5.74, 6) is 2.74. The first-order chi connectivity index (χ1) is 13.5. The molecule has 28 heavy (non-hydrogen) atoms. The van der Waals surface area contributed by atoms with E-state index in [0.29, 0.717) is 18.2 Å². The Morgan fingerprint density at radius 3 is 2.61 bits per heavy atom. The van der Waals surface area contributed by atoms with Crippen molar-refractivity contribution in [2.75, 3.05) is 19.6 Å². The predicted molar refractivity (Wildman–Crippen MR) is 107 cm³/mol.